The van der Waals surface area contributed by atoms with Crippen LogP contribution in [0.15, 0.2) is 49.8 Å². The molecule has 22 heavy (non-hydrogen) atoms. The minimum absolute atomic E-state index is 0. The van der Waals surface area contributed by atoms with Crippen LogP contribution in [0.2, 0.25) is 9.26 Å². The van der Waals surface area contributed by atoms with E-state index in [-0.39, 0.29) is 34.0 Å². The molecule has 2 aliphatic carbocycles. The van der Waals surface area contributed by atoms with Gasteiger partial charge >= 0.3 is 133 Å². The molecule has 1 unspecified atom stereocenters. The topological polar surface area (TPSA) is 0 Å². The molecule has 0 saturated carbocycles. The first-order valence-electron chi connectivity index (χ1n) is 7.20. The van der Waals surface area contributed by atoms with E-state index < -0.39 is 17.4 Å². The third-order valence-electron chi connectivity index (χ3n) is 4.98. The zero-order valence-electron chi connectivity index (χ0n) is 13.2. The summed E-state index contributed by atoms with van der Waals surface area (Å²) in [7, 11) is 0. The molecule has 0 radical (unpaired) electrons. The van der Waals surface area contributed by atoms with E-state index in [0.29, 0.717) is 3.63 Å². The van der Waals surface area contributed by atoms with Crippen molar-refractivity contribution in [2.24, 2.45) is 0 Å². The van der Waals surface area contributed by atoms with Crippen LogP contribution in [-0.2, 0) is 17.4 Å². The second kappa shape index (κ2) is 7.07. The quantitative estimate of drug-likeness (QED) is 0.360. The number of hydrogen-bond acceptors (Lipinski definition) is 0. The summed E-state index contributed by atoms with van der Waals surface area (Å²) in [5.74, 6) is 0. The molecule has 5 heteroatoms. The number of fused-ring (bicyclic) bond motifs is 1. The first-order valence-corrected chi connectivity index (χ1v) is 21.5. The molecule has 1 atom stereocenters. The molecule has 120 valence electrons. The van der Waals surface area contributed by atoms with E-state index in [1.807, 2.05) is 0 Å². The average Bonchev–Trinajstić information content (AvgIpc) is 2.95. The molecule has 0 saturated heterocycles. The summed E-state index contributed by atoms with van der Waals surface area (Å²) in [5.41, 5.74) is 4.53. The van der Waals surface area contributed by atoms with E-state index in [2.05, 4.69) is 81.5 Å². The van der Waals surface area contributed by atoms with Gasteiger partial charge in [0, 0.05) is 0 Å². The van der Waals surface area contributed by atoms with Gasteiger partial charge in [0.25, 0.3) is 0 Å². The molecular formula is C17H23Br3SiZr. The summed E-state index contributed by atoms with van der Waals surface area (Å²) in [4.78, 5) is 0. The van der Waals surface area contributed by atoms with E-state index >= 15 is 0 Å². The van der Waals surface area contributed by atoms with Crippen LogP contribution < -0.4 is 0 Å². The Morgan fingerprint density at radius 1 is 1.23 bits per heavy atom. The molecule has 2 aliphatic rings. The molecular weight excluding hydrogens is 563 g/mol. The van der Waals surface area contributed by atoms with Crippen LogP contribution in [0.5, 0.6) is 0 Å². The molecule has 1 aromatic rings. The van der Waals surface area contributed by atoms with Gasteiger partial charge in [-0.25, -0.2) is 0 Å². The Morgan fingerprint density at radius 3 is 2.50 bits per heavy atom. The van der Waals surface area contributed by atoms with Crippen LogP contribution in [0.1, 0.15) is 28.1 Å². The van der Waals surface area contributed by atoms with Gasteiger partial charge in [0.1, 0.15) is 0 Å². The number of halogens is 3. The van der Waals surface area contributed by atoms with Crippen LogP contribution in [-0.4, -0.2) is 6.88 Å². The van der Waals surface area contributed by atoms with Crippen LogP contribution in [0.25, 0.3) is 6.08 Å². The number of benzene rings is 1. The van der Waals surface area contributed by atoms with Gasteiger partial charge in [-0.15, -0.1) is 34.0 Å². The Morgan fingerprint density at radius 2 is 1.91 bits per heavy atom. The fraction of sp³-hybridized carbons (Fsp3) is 0.294. The van der Waals surface area contributed by atoms with Crippen molar-refractivity contribution in [2.45, 2.75) is 26.2 Å². The summed E-state index contributed by atoms with van der Waals surface area (Å²) >= 11 is 0.786. The Labute approximate surface area is 165 Å². The summed E-state index contributed by atoms with van der Waals surface area (Å²) in [6.07, 6.45) is 10.6. The molecule has 0 aliphatic heterocycles. The van der Waals surface area contributed by atoms with Crippen molar-refractivity contribution in [3.05, 3.63) is 60.9 Å². The van der Waals surface area contributed by atoms with Crippen molar-refractivity contribution in [2.75, 3.05) is 0 Å². The van der Waals surface area contributed by atoms with Crippen molar-refractivity contribution in [3.8, 4) is 0 Å². The molecule has 0 heterocycles. The van der Waals surface area contributed by atoms with Gasteiger partial charge in [-0.2, -0.15) is 0 Å². The minimum atomic E-state index is -2.94. The fourth-order valence-corrected chi connectivity index (χ4v) is 20.5. The second-order valence-electron chi connectivity index (χ2n) is 7.20. The maximum absolute atomic E-state index is 3.72. The van der Waals surface area contributed by atoms with Gasteiger partial charge in [-0.1, -0.05) is 0 Å². The molecule has 0 nitrogen and oxygen atoms in total. The molecule has 0 fully saturated rings. The Kier molecular flexibility index (Phi) is 6.76. The normalized spacial score (nSPS) is 19.8. The molecule has 3 rings (SSSR count). The van der Waals surface area contributed by atoms with E-state index in [9.17, 15) is 0 Å². The Hall–Kier alpha value is 0.980. The molecule has 1 aromatic carbocycles. The molecule has 0 bridgehead atoms. The zero-order valence-corrected chi connectivity index (χ0v) is 22.1. The van der Waals surface area contributed by atoms with Crippen LogP contribution >= 0.6 is 49.9 Å². The van der Waals surface area contributed by atoms with Gasteiger partial charge in [-0.3, -0.25) is 0 Å². The Balaban J connectivity index is 0.00000121. The monoisotopic (exact) mass is 582 g/mol. The van der Waals surface area contributed by atoms with Crippen LogP contribution in [0.3, 0.4) is 0 Å². The van der Waals surface area contributed by atoms with E-state index in [1.54, 1.807) is 14.4 Å². The van der Waals surface area contributed by atoms with Crippen molar-refractivity contribution in [3.63, 3.8) is 0 Å². The predicted octanol–water partition coefficient (Wildman–Crippen LogP) is 6.24. The van der Waals surface area contributed by atoms with Crippen molar-refractivity contribution >= 4 is 62.8 Å². The SMILES string of the molecule is Br.Br.CC1=Cc2c(Br)cccc2[CH]1[Zr]([CH3])([CH3])(=[SiH2])[C]1=CC=CC1. The summed E-state index contributed by atoms with van der Waals surface area (Å²) < 4.78 is 8.89. The summed E-state index contributed by atoms with van der Waals surface area (Å²) in [6, 6.07) is 6.70. The van der Waals surface area contributed by atoms with E-state index in [1.165, 1.54) is 16.5 Å². The van der Waals surface area contributed by atoms with Gasteiger partial charge in [0.05, 0.1) is 0 Å². The number of hydrogen-bond donors (Lipinski definition) is 0. The third-order valence-corrected chi connectivity index (χ3v) is 23.3. The second-order valence-corrected chi connectivity index (χ2v) is 37.7. The van der Waals surface area contributed by atoms with Crippen molar-refractivity contribution < 1.29 is 17.4 Å². The number of allylic oxidation sites excluding steroid dienone is 5. The van der Waals surface area contributed by atoms with Gasteiger partial charge in [0.15, 0.2) is 0 Å². The molecule has 0 spiro atoms. The molecule has 0 aromatic heterocycles. The predicted molar refractivity (Wildman–Crippen MR) is 113 cm³/mol. The van der Waals surface area contributed by atoms with Gasteiger partial charge in [0.2, 0.25) is 0 Å². The van der Waals surface area contributed by atoms with Crippen LogP contribution in [0, 0.1) is 0 Å². The average molecular weight is 586 g/mol. The first kappa shape index (κ1) is 21.0. The fourth-order valence-electron chi connectivity index (χ4n) is 3.98. The number of rotatable bonds is 2. The van der Waals surface area contributed by atoms with E-state index in [4.69, 9.17) is 0 Å². The standard InChI is InChI=1S/C10H8Br.C5H5.2CH3.2BrH.H2Si.Zr/c1-7-5-8-3-2-4-10(11)9(8)6-7;1-2-4-5-3-1;;;;;;/h2-6H,1H3;1-3H,4H2;2*1H3;2*1H;1H2;. The molecule has 0 N–H and O–H groups in total. The Bertz CT molecular complexity index is 753. The first-order chi connectivity index (χ1) is 9.30. The molecule has 0 amide bonds. The third kappa shape index (κ3) is 3.35. The summed E-state index contributed by atoms with van der Waals surface area (Å²) in [5, 5.41) is 0. The van der Waals surface area contributed by atoms with Gasteiger partial charge in [-0.05, 0) is 0 Å². The van der Waals surface area contributed by atoms with E-state index in [0.717, 1.165) is 0 Å². The summed E-state index contributed by atoms with van der Waals surface area (Å²) in [6.45, 7) is 4.68. The maximum atomic E-state index is 3.72. The van der Waals surface area contributed by atoms with Crippen LogP contribution in [0.4, 0.5) is 0 Å². The zero-order chi connectivity index (χ0) is 14.6. The van der Waals surface area contributed by atoms with Crippen molar-refractivity contribution in [1.82, 2.24) is 0 Å². The van der Waals surface area contributed by atoms with Gasteiger partial charge < -0.3 is 0 Å². The van der Waals surface area contributed by atoms with Crippen molar-refractivity contribution in [1.29, 1.82) is 0 Å².